The van der Waals surface area contributed by atoms with Crippen molar-refractivity contribution in [1.82, 2.24) is 4.57 Å². The summed E-state index contributed by atoms with van der Waals surface area (Å²) in [4.78, 5) is 22.3. The molecule has 0 unspecified atom stereocenters. The van der Waals surface area contributed by atoms with Crippen LogP contribution >= 0.6 is 0 Å². The van der Waals surface area contributed by atoms with Crippen LogP contribution in [0.3, 0.4) is 0 Å². The van der Waals surface area contributed by atoms with E-state index >= 15 is 0 Å². The fraction of sp³-hybridized carbons (Fsp3) is 0.455. The Morgan fingerprint density at radius 2 is 2.27 bits per heavy atom. The highest BCUT2D eigenvalue weighted by atomic mass is 16.5. The third kappa shape index (κ3) is 3.58. The molecule has 0 aliphatic rings. The van der Waals surface area contributed by atoms with Gasteiger partial charge in [-0.05, 0) is 25.0 Å². The maximum Gasteiger partial charge on any atom is 0.305 e. The number of hydrogen-bond acceptors (Lipinski definition) is 3. The first-order valence-corrected chi connectivity index (χ1v) is 4.87. The van der Waals surface area contributed by atoms with Crippen LogP contribution in [0, 0.1) is 6.92 Å². The molecule has 1 aromatic rings. The first-order valence-electron chi connectivity index (χ1n) is 4.87. The Kier molecular flexibility index (Phi) is 4.09. The van der Waals surface area contributed by atoms with E-state index in [0.29, 0.717) is 19.4 Å². The van der Waals surface area contributed by atoms with Crippen LogP contribution in [-0.4, -0.2) is 17.6 Å². The van der Waals surface area contributed by atoms with Crippen molar-refractivity contribution in [2.24, 2.45) is 0 Å². The van der Waals surface area contributed by atoms with Crippen LogP contribution < -0.4 is 5.56 Å². The summed E-state index contributed by atoms with van der Waals surface area (Å²) in [6, 6.07) is 3.46. The molecule has 0 spiro atoms. The number of rotatable bonds is 4. The number of carbonyl (C=O) groups excluding carboxylic acids is 1. The quantitative estimate of drug-likeness (QED) is 0.698. The average Bonchev–Trinajstić information content (AvgIpc) is 2.21. The van der Waals surface area contributed by atoms with Gasteiger partial charge in [0.05, 0.1) is 7.11 Å². The van der Waals surface area contributed by atoms with Crippen molar-refractivity contribution in [3.8, 4) is 0 Å². The molecule has 82 valence electrons. The molecule has 15 heavy (non-hydrogen) atoms. The van der Waals surface area contributed by atoms with E-state index in [9.17, 15) is 9.59 Å². The second-order valence-corrected chi connectivity index (χ2v) is 3.42. The second-order valence-electron chi connectivity index (χ2n) is 3.42. The van der Waals surface area contributed by atoms with Gasteiger partial charge in [0.25, 0.3) is 5.56 Å². The van der Waals surface area contributed by atoms with Crippen molar-refractivity contribution >= 4 is 5.97 Å². The summed E-state index contributed by atoms with van der Waals surface area (Å²) in [5.74, 6) is -0.241. The molecule has 0 aromatic carbocycles. The lowest BCUT2D eigenvalue weighted by molar-refractivity contribution is -0.140. The van der Waals surface area contributed by atoms with Crippen LogP contribution in [0.5, 0.6) is 0 Å². The predicted octanol–water partition coefficient (Wildman–Crippen LogP) is 1.11. The van der Waals surface area contributed by atoms with E-state index < -0.39 is 0 Å². The average molecular weight is 209 g/mol. The largest absolute Gasteiger partial charge is 0.469 e. The lowest BCUT2D eigenvalue weighted by Gasteiger charge is -2.04. The standard InChI is InChI=1S/C11H15NO3/c1-9-5-7-12(10(13)8-9)6-3-4-11(14)15-2/h5,7-8H,3-4,6H2,1-2H3. The first-order chi connectivity index (χ1) is 7.13. The van der Waals surface area contributed by atoms with E-state index in [4.69, 9.17) is 0 Å². The summed E-state index contributed by atoms with van der Waals surface area (Å²) in [7, 11) is 1.36. The van der Waals surface area contributed by atoms with Gasteiger partial charge in [-0.25, -0.2) is 0 Å². The minimum absolute atomic E-state index is 0.0279. The summed E-state index contributed by atoms with van der Waals surface area (Å²) < 4.78 is 6.10. The molecule has 1 rings (SSSR count). The van der Waals surface area contributed by atoms with Gasteiger partial charge >= 0.3 is 5.97 Å². The Labute approximate surface area is 88.5 Å². The van der Waals surface area contributed by atoms with E-state index in [-0.39, 0.29) is 11.5 Å². The molecule has 0 N–H and O–H groups in total. The van der Waals surface area contributed by atoms with E-state index in [0.717, 1.165) is 5.56 Å². The van der Waals surface area contributed by atoms with Gasteiger partial charge < -0.3 is 9.30 Å². The predicted molar refractivity (Wildman–Crippen MR) is 56.7 cm³/mol. The molecule has 0 saturated carbocycles. The monoisotopic (exact) mass is 209 g/mol. The fourth-order valence-electron chi connectivity index (χ4n) is 1.29. The summed E-state index contributed by atoms with van der Waals surface area (Å²) in [6.07, 6.45) is 2.71. The molecule has 4 nitrogen and oxygen atoms in total. The lowest BCUT2D eigenvalue weighted by Crippen LogP contribution is -2.19. The summed E-state index contributed by atoms with van der Waals surface area (Å²) in [5, 5.41) is 0. The molecule has 0 bridgehead atoms. The van der Waals surface area contributed by atoms with Crippen molar-refractivity contribution in [1.29, 1.82) is 0 Å². The van der Waals surface area contributed by atoms with Crippen molar-refractivity contribution < 1.29 is 9.53 Å². The van der Waals surface area contributed by atoms with E-state index in [1.165, 1.54) is 7.11 Å². The molecule has 0 amide bonds. The molecule has 0 atom stereocenters. The highest BCUT2D eigenvalue weighted by Crippen LogP contribution is 1.96. The molecular weight excluding hydrogens is 194 g/mol. The number of hydrogen-bond donors (Lipinski definition) is 0. The molecule has 0 aliphatic carbocycles. The van der Waals surface area contributed by atoms with Crippen molar-refractivity contribution in [3.05, 3.63) is 34.2 Å². The normalized spacial score (nSPS) is 10.0. The van der Waals surface area contributed by atoms with Gasteiger partial charge in [0.15, 0.2) is 0 Å². The van der Waals surface area contributed by atoms with Crippen LogP contribution in [0.4, 0.5) is 0 Å². The molecule has 1 heterocycles. The first kappa shape index (κ1) is 11.5. The summed E-state index contributed by atoms with van der Waals surface area (Å²) in [5.41, 5.74) is 0.920. The van der Waals surface area contributed by atoms with Crippen LogP contribution in [0.25, 0.3) is 0 Å². The van der Waals surface area contributed by atoms with E-state index in [1.807, 2.05) is 13.0 Å². The molecule has 4 heteroatoms. The molecule has 0 aliphatic heterocycles. The van der Waals surface area contributed by atoms with Crippen LogP contribution in [0.15, 0.2) is 23.1 Å². The Morgan fingerprint density at radius 1 is 1.53 bits per heavy atom. The lowest BCUT2D eigenvalue weighted by atomic mass is 10.3. The third-order valence-electron chi connectivity index (χ3n) is 2.16. The number of aromatic nitrogens is 1. The SMILES string of the molecule is COC(=O)CCCn1ccc(C)cc1=O. The van der Waals surface area contributed by atoms with E-state index in [2.05, 4.69) is 4.74 Å². The molecule has 0 radical (unpaired) electrons. The maximum atomic E-state index is 11.4. The number of nitrogens with zero attached hydrogens (tertiary/aromatic N) is 1. The van der Waals surface area contributed by atoms with Crippen LogP contribution in [0.1, 0.15) is 18.4 Å². The Morgan fingerprint density at radius 3 is 2.87 bits per heavy atom. The van der Waals surface area contributed by atoms with Gasteiger partial charge in [-0.2, -0.15) is 0 Å². The highest BCUT2D eigenvalue weighted by Gasteiger charge is 2.01. The molecular formula is C11H15NO3. The van der Waals surface area contributed by atoms with Gasteiger partial charge in [-0.1, -0.05) is 0 Å². The number of ether oxygens (including phenoxy) is 1. The van der Waals surface area contributed by atoms with Gasteiger partial charge in [0.2, 0.25) is 0 Å². The summed E-state index contributed by atoms with van der Waals surface area (Å²) >= 11 is 0. The van der Waals surface area contributed by atoms with Crippen LogP contribution in [-0.2, 0) is 16.1 Å². The van der Waals surface area contributed by atoms with Crippen molar-refractivity contribution in [3.63, 3.8) is 0 Å². The van der Waals surface area contributed by atoms with Crippen molar-refractivity contribution in [2.45, 2.75) is 26.3 Å². The molecule has 0 saturated heterocycles. The van der Waals surface area contributed by atoms with Crippen LogP contribution in [0.2, 0.25) is 0 Å². The second kappa shape index (κ2) is 5.34. The Balaban J connectivity index is 2.51. The smallest absolute Gasteiger partial charge is 0.305 e. The maximum absolute atomic E-state index is 11.4. The van der Waals surface area contributed by atoms with Gasteiger partial charge in [-0.3, -0.25) is 9.59 Å². The molecule has 1 aromatic heterocycles. The van der Waals surface area contributed by atoms with Gasteiger partial charge in [0.1, 0.15) is 0 Å². The van der Waals surface area contributed by atoms with Crippen molar-refractivity contribution in [2.75, 3.05) is 7.11 Å². The zero-order valence-corrected chi connectivity index (χ0v) is 9.03. The van der Waals surface area contributed by atoms with Gasteiger partial charge in [-0.15, -0.1) is 0 Å². The van der Waals surface area contributed by atoms with E-state index in [1.54, 1.807) is 16.8 Å². The molecule has 0 fully saturated rings. The minimum atomic E-state index is -0.241. The van der Waals surface area contributed by atoms with Gasteiger partial charge in [0, 0.05) is 25.2 Å². The zero-order chi connectivity index (χ0) is 11.3. The highest BCUT2D eigenvalue weighted by molar-refractivity contribution is 5.68. The Hall–Kier alpha value is -1.58. The third-order valence-corrected chi connectivity index (χ3v) is 2.16. The minimum Gasteiger partial charge on any atom is -0.469 e. The number of methoxy groups -OCH3 is 1. The zero-order valence-electron chi connectivity index (χ0n) is 9.03. The number of carbonyl (C=O) groups is 1. The topological polar surface area (TPSA) is 48.3 Å². The number of pyridine rings is 1. The summed E-state index contributed by atoms with van der Waals surface area (Å²) in [6.45, 7) is 2.43. The number of aryl methyl sites for hydroxylation is 2. The fourth-order valence-corrected chi connectivity index (χ4v) is 1.29. The Bertz CT molecular complexity index is 395. The number of esters is 1.